The number of hydrogen-bond acceptors (Lipinski definition) is 3. The second-order valence-electron chi connectivity index (χ2n) is 5.84. The topological polar surface area (TPSA) is 12.0 Å². The van der Waals surface area contributed by atoms with E-state index < -0.39 is 0 Å². The number of thioether (sulfide) groups is 2. The van der Waals surface area contributed by atoms with Gasteiger partial charge >= 0.3 is 0 Å². The fourth-order valence-electron chi connectivity index (χ4n) is 2.87. The molecule has 0 radical (unpaired) electrons. The van der Waals surface area contributed by atoms with Crippen molar-refractivity contribution in [3.05, 3.63) is 0 Å². The first-order valence-electron chi connectivity index (χ1n) is 6.50. The lowest BCUT2D eigenvalue weighted by atomic mass is 9.82. The molecule has 1 saturated heterocycles. The lowest BCUT2D eigenvalue weighted by Crippen LogP contribution is -2.52. The fraction of sp³-hybridized carbons (Fsp3) is 1.00. The molecule has 3 heteroatoms. The SMILES string of the molecule is CSC1CCCC1NC1CSCCC1(C)C. The van der Waals surface area contributed by atoms with Crippen LogP contribution in [-0.4, -0.2) is 35.1 Å². The zero-order valence-corrected chi connectivity index (χ0v) is 12.4. The molecule has 0 bridgehead atoms. The van der Waals surface area contributed by atoms with E-state index in [-0.39, 0.29) is 0 Å². The summed E-state index contributed by atoms with van der Waals surface area (Å²) in [5, 5.41) is 4.83. The summed E-state index contributed by atoms with van der Waals surface area (Å²) in [5.74, 6) is 2.66. The Morgan fingerprint density at radius 1 is 1.31 bits per heavy atom. The van der Waals surface area contributed by atoms with Gasteiger partial charge in [0.1, 0.15) is 0 Å². The number of hydrogen-bond donors (Lipinski definition) is 1. The van der Waals surface area contributed by atoms with Gasteiger partial charge in [-0.15, -0.1) is 0 Å². The van der Waals surface area contributed by atoms with Gasteiger partial charge in [0.2, 0.25) is 0 Å². The quantitative estimate of drug-likeness (QED) is 0.834. The maximum atomic E-state index is 3.97. The largest absolute Gasteiger partial charge is 0.309 e. The molecule has 1 heterocycles. The smallest absolute Gasteiger partial charge is 0.0212 e. The first-order chi connectivity index (χ1) is 7.63. The summed E-state index contributed by atoms with van der Waals surface area (Å²) in [6.07, 6.45) is 7.86. The zero-order chi connectivity index (χ0) is 11.6. The molecule has 1 aliphatic carbocycles. The van der Waals surface area contributed by atoms with Crippen LogP contribution >= 0.6 is 23.5 Å². The van der Waals surface area contributed by atoms with Gasteiger partial charge in [0.05, 0.1) is 0 Å². The van der Waals surface area contributed by atoms with Crippen LogP contribution in [0.1, 0.15) is 39.5 Å². The van der Waals surface area contributed by atoms with Gasteiger partial charge in [0.15, 0.2) is 0 Å². The van der Waals surface area contributed by atoms with E-state index in [0.717, 1.165) is 17.3 Å². The van der Waals surface area contributed by atoms with Crippen molar-refractivity contribution in [2.45, 2.75) is 56.9 Å². The van der Waals surface area contributed by atoms with Crippen molar-refractivity contribution in [1.29, 1.82) is 0 Å². The van der Waals surface area contributed by atoms with Gasteiger partial charge in [-0.05, 0) is 36.7 Å². The Labute approximate surface area is 109 Å². The highest BCUT2D eigenvalue weighted by atomic mass is 32.2. The van der Waals surface area contributed by atoms with Crippen molar-refractivity contribution >= 4 is 23.5 Å². The molecule has 2 rings (SSSR count). The van der Waals surface area contributed by atoms with Crippen LogP contribution in [0, 0.1) is 5.41 Å². The lowest BCUT2D eigenvalue weighted by Gasteiger charge is -2.41. The minimum Gasteiger partial charge on any atom is -0.309 e. The predicted octanol–water partition coefficient (Wildman–Crippen LogP) is 3.39. The molecule has 0 aromatic carbocycles. The first kappa shape index (κ1) is 13.1. The molecule has 2 fully saturated rings. The molecule has 16 heavy (non-hydrogen) atoms. The summed E-state index contributed by atoms with van der Waals surface area (Å²) in [6, 6.07) is 1.50. The summed E-state index contributed by atoms with van der Waals surface area (Å²) >= 11 is 4.19. The molecule has 2 aliphatic rings. The van der Waals surface area contributed by atoms with Crippen LogP contribution in [-0.2, 0) is 0 Å². The van der Waals surface area contributed by atoms with Crippen molar-refractivity contribution in [3.63, 3.8) is 0 Å². The standard InChI is InChI=1S/C13H25NS2/c1-13(2)7-8-16-9-12(13)14-10-5-4-6-11(10)15-3/h10-12,14H,4-9H2,1-3H3. The number of nitrogens with one attached hydrogen (secondary N) is 1. The van der Waals surface area contributed by atoms with E-state index in [4.69, 9.17) is 0 Å². The highest BCUT2D eigenvalue weighted by molar-refractivity contribution is 7.99. The minimum atomic E-state index is 0.497. The molecular weight excluding hydrogens is 234 g/mol. The minimum absolute atomic E-state index is 0.497. The molecule has 94 valence electrons. The Morgan fingerprint density at radius 3 is 2.81 bits per heavy atom. The Hall–Kier alpha value is 0.660. The lowest BCUT2D eigenvalue weighted by molar-refractivity contribution is 0.229. The molecule has 0 aromatic heterocycles. The van der Waals surface area contributed by atoms with Crippen molar-refractivity contribution in [3.8, 4) is 0 Å². The van der Waals surface area contributed by atoms with Crippen molar-refractivity contribution in [1.82, 2.24) is 5.32 Å². The average molecular weight is 259 g/mol. The van der Waals surface area contributed by atoms with E-state index in [0.29, 0.717) is 5.41 Å². The van der Waals surface area contributed by atoms with Gasteiger partial charge in [-0.3, -0.25) is 0 Å². The van der Waals surface area contributed by atoms with Gasteiger partial charge < -0.3 is 5.32 Å². The second kappa shape index (κ2) is 5.53. The highest BCUT2D eigenvalue weighted by Gasteiger charge is 2.36. The van der Waals surface area contributed by atoms with Gasteiger partial charge in [-0.25, -0.2) is 0 Å². The van der Waals surface area contributed by atoms with E-state index in [1.807, 2.05) is 0 Å². The fourth-order valence-corrected chi connectivity index (χ4v) is 5.43. The van der Waals surface area contributed by atoms with Crippen molar-refractivity contribution < 1.29 is 0 Å². The Kier molecular flexibility index (Phi) is 4.53. The van der Waals surface area contributed by atoms with Crippen LogP contribution in [0.15, 0.2) is 0 Å². The molecular formula is C13H25NS2. The van der Waals surface area contributed by atoms with Crippen molar-refractivity contribution in [2.24, 2.45) is 5.41 Å². The third kappa shape index (κ3) is 2.91. The first-order valence-corrected chi connectivity index (χ1v) is 8.94. The van der Waals surface area contributed by atoms with E-state index in [1.54, 1.807) is 0 Å². The van der Waals surface area contributed by atoms with Gasteiger partial charge in [-0.1, -0.05) is 20.3 Å². The Morgan fingerprint density at radius 2 is 2.12 bits per heavy atom. The summed E-state index contributed by atoms with van der Waals surface area (Å²) < 4.78 is 0. The van der Waals surface area contributed by atoms with Crippen LogP contribution in [0.5, 0.6) is 0 Å². The van der Waals surface area contributed by atoms with Crippen LogP contribution < -0.4 is 5.32 Å². The molecule has 0 spiro atoms. The van der Waals surface area contributed by atoms with Crippen LogP contribution in [0.25, 0.3) is 0 Å². The van der Waals surface area contributed by atoms with Gasteiger partial charge in [0, 0.05) is 23.1 Å². The Bertz CT molecular complexity index is 230. The van der Waals surface area contributed by atoms with E-state index in [9.17, 15) is 0 Å². The normalized spacial score (nSPS) is 38.8. The van der Waals surface area contributed by atoms with Gasteiger partial charge in [-0.2, -0.15) is 23.5 Å². The van der Waals surface area contributed by atoms with Crippen LogP contribution in [0.2, 0.25) is 0 Å². The monoisotopic (exact) mass is 259 g/mol. The van der Waals surface area contributed by atoms with E-state index in [1.165, 1.54) is 37.2 Å². The predicted molar refractivity (Wildman–Crippen MR) is 77.6 cm³/mol. The molecule has 1 nitrogen and oxygen atoms in total. The van der Waals surface area contributed by atoms with E-state index >= 15 is 0 Å². The molecule has 1 aliphatic heterocycles. The average Bonchev–Trinajstić information content (AvgIpc) is 2.68. The van der Waals surface area contributed by atoms with Crippen molar-refractivity contribution in [2.75, 3.05) is 17.8 Å². The Balaban J connectivity index is 1.92. The molecule has 1 saturated carbocycles. The summed E-state index contributed by atoms with van der Waals surface area (Å²) in [7, 11) is 0. The summed E-state index contributed by atoms with van der Waals surface area (Å²) in [5.41, 5.74) is 0.497. The molecule has 0 aromatic rings. The second-order valence-corrected chi connectivity index (χ2v) is 8.07. The van der Waals surface area contributed by atoms with Gasteiger partial charge in [0.25, 0.3) is 0 Å². The summed E-state index contributed by atoms with van der Waals surface area (Å²) in [4.78, 5) is 0. The third-order valence-electron chi connectivity index (χ3n) is 4.29. The molecule has 3 unspecified atom stereocenters. The maximum absolute atomic E-state index is 3.97. The van der Waals surface area contributed by atoms with E-state index in [2.05, 4.69) is 48.9 Å². The zero-order valence-electron chi connectivity index (χ0n) is 10.8. The molecule has 0 amide bonds. The third-order valence-corrected chi connectivity index (χ3v) is 6.52. The maximum Gasteiger partial charge on any atom is 0.0212 e. The molecule has 3 atom stereocenters. The number of rotatable bonds is 3. The molecule has 1 N–H and O–H groups in total. The summed E-state index contributed by atoms with van der Waals surface area (Å²) in [6.45, 7) is 4.88. The highest BCUT2D eigenvalue weighted by Crippen LogP contribution is 2.36. The van der Waals surface area contributed by atoms with Crippen LogP contribution in [0.4, 0.5) is 0 Å². The van der Waals surface area contributed by atoms with Crippen LogP contribution in [0.3, 0.4) is 0 Å².